The van der Waals surface area contributed by atoms with Crippen LogP contribution in [0.1, 0.15) is 27.2 Å². The summed E-state index contributed by atoms with van der Waals surface area (Å²) in [6.45, 7) is 16.3. The highest BCUT2D eigenvalue weighted by Gasteiger charge is 2.54. The summed E-state index contributed by atoms with van der Waals surface area (Å²) in [5, 5.41) is 18.2. The Morgan fingerprint density at radius 2 is 1.75 bits per heavy atom. The first-order chi connectivity index (χ1) is 12.8. The third-order valence-corrected chi connectivity index (χ3v) is 7.74. The van der Waals surface area contributed by atoms with Crippen LogP contribution in [0.4, 0.5) is 0 Å². The van der Waals surface area contributed by atoms with Gasteiger partial charge in [-0.1, -0.05) is 34.6 Å². The average Bonchev–Trinajstić information content (AvgIpc) is 3.00. The topological polar surface area (TPSA) is 102 Å². The molecule has 0 aromatic heterocycles. The van der Waals surface area contributed by atoms with E-state index in [4.69, 9.17) is 19.0 Å². The Bertz CT molecular complexity index is 621. The Hall–Kier alpha value is -1.00. The normalized spacial score (nSPS) is 37.6. The summed E-state index contributed by atoms with van der Waals surface area (Å²) in [5.74, 6) is -0.776. The summed E-state index contributed by atoms with van der Waals surface area (Å²) < 4.78 is 15.4. The minimum atomic E-state index is -1.92. The van der Waals surface area contributed by atoms with Crippen LogP contribution < -0.4 is 0 Å². The fourth-order valence-corrected chi connectivity index (χ4v) is 4.61. The van der Waals surface area contributed by atoms with E-state index in [1.54, 1.807) is 0 Å². The number of carbonyl (C=O) groups excluding carboxylic acids is 2. The van der Waals surface area contributed by atoms with Gasteiger partial charge in [0.25, 0.3) is 0 Å². The van der Waals surface area contributed by atoms with Crippen LogP contribution in [0.15, 0.2) is 24.9 Å². The van der Waals surface area contributed by atoms with Crippen LogP contribution >= 0.6 is 15.9 Å². The summed E-state index contributed by atoms with van der Waals surface area (Å²) in [4.78, 5) is 22.8. The van der Waals surface area contributed by atoms with E-state index < -0.39 is 36.2 Å². The molecule has 0 amide bonds. The molecule has 2 saturated heterocycles. The van der Waals surface area contributed by atoms with Crippen molar-refractivity contribution in [2.24, 2.45) is 5.41 Å². The van der Waals surface area contributed by atoms with Gasteiger partial charge in [-0.25, -0.2) is 0 Å². The molecule has 6 atom stereocenters. The lowest BCUT2D eigenvalue weighted by molar-refractivity contribution is -0.147. The van der Waals surface area contributed by atoms with Crippen LogP contribution in [0, 0.1) is 5.41 Å². The quantitative estimate of drug-likeness (QED) is 0.261. The Kier molecular flexibility index (Phi) is 8.23. The molecule has 0 aromatic carbocycles. The zero-order valence-electron chi connectivity index (χ0n) is 17.1. The van der Waals surface area contributed by atoms with Crippen LogP contribution in [-0.2, 0) is 23.5 Å². The van der Waals surface area contributed by atoms with Gasteiger partial charge in [0.1, 0.15) is 28.1 Å². The predicted octanol–water partition coefficient (Wildman–Crippen LogP) is 2.25. The molecule has 2 aliphatic rings. The molecule has 9 heteroatoms. The second-order valence-corrected chi connectivity index (χ2v) is 13.3. The lowest BCUT2D eigenvalue weighted by Gasteiger charge is -2.31. The van der Waals surface area contributed by atoms with Gasteiger partial charge in [0, 0.05) is 0 Å². The van der Waals surface area contributed by atoms with Gasteiger partial charge in [-0.05, 0) is 33.4 Å². The number of alkyl halides is 1. The maximum atomic E-state index is 11.7. The number of carbonyl (C=O) groups is 2. The SMILES string of the molecule is C=C[C@@]1(C)C(=O)O[C@H](CO)[C@H]1O.C=C[Si](C)(C)O[C@@H]1[C@@H](CC)OC(=O)C1(C)Br. The second kappa shape index (κ2) is 9.21. The van der Waals surface area contributed by atoms with Gasteiger partial charge in [-0.2, -0.15) is 0 Å². The molecular formula is C19H31BrO7Si. The monoisotopic (exact) mass is 478 g/mol. The van der Waals surface area contributed by atoms with Crippen molar-refractivity contribution in [2.45, 2.75) is 69.0 Å². The van der Waals surface area contributed by atoms with E-state index in [0.29, 0.717) is 0 Å². The minimum Gasteiger partial charge on any atom is -0.458 e. The highest BCUT2D eigenvalue weighted by Crippen LogP contribution is 2.38. The lowest BCUT2D eigenvalue weighted by atomic mass is 9.84. The molecule has 0 bridgehead atoms. The van der Waals surface area contributed by atoms with Gasteiger partial charge >= 0.3 is 11.9 Å². The molecule has 2 fully saturated rings. The molecule has 2 N–H and O–H groups in total. The third kappa shape index (κ3) is 4.94. The second-order valence-electron chi connectivity index (χ2n) is 7.83. The van der Waals surface area contributed by atoms with E-state index >= 15 is 0 Å². The van der Waals surface area contributed by atoms with E-state index in [2.05, 4.69) is 42.2 Å². The molecule has 2 heterocycles. The van der Waals surface area contributed by atoms with Crippen LogP contribution in [0.3, 0.4) is 0 Å². The number of rotatable bonds is 6. The molecule has 0 aliphatic carbocycles. The zero-order valence-corrected chi connectivity index (χ0v) is 19.7. The van der Waals surface area contributed by atoms with E-state index in [-0.39, 0.29) is 24.8 Å². The number of halogens is 1. The van der Waals surface area contributed by atoms with Crippen molar-refractivity contribution in [1.29, 1.82) is 0 Å². The predicted molar refractivity (Wildman–Crippen MR) is 111 cm³/mol. The van der Waals surface area contributed by atoms with Gasteiger partial charge in [-0.3, -0.25) is 9.59 Å². The first kappa shape index (κ1) is 25.0. The summed E-state index contributed by atoms with van der Waals surface area (Å²) in [6, 6.07) is 0. The van der Waals surface area contributed by atoms with Gasteiger partial charge in [0.05, 0.1) is 6.61 Å². The molecule has 0 saturated carbocycles. The summed E-state index contributed by atoms with van der Waals surface area (Å²) >= 11 is 3.43. The fourth-order valence-electron chi connectivity index (χ4n) is 2.82. The molecule has 160 valence electrons. The molecule has 28 heavy (non-hydrogen) atoms. The van der Waals surface area contributed by atoms with Gasteiger partial charge in [0.15, 0.2) is 6.10 Å². The minimum absolute atomic E-state index is 0.163. The van der Waals surface area contributed by atoms with E-state index in [1.807, 2.05) is 19.5 Å². The molecule has 0 aromatic rings. The molecular weight excluding hydrogens is 448 g/mol. The lowest BCUT2D eigenvalue weighted by Crippen LogP contribution is -2.46. The number of aliphatic hydroxyl groups excluding tert-OH is 2. The number of esters is 2. The summed E-state index contributed by atoms with van der Waals surface area (Å²) in [6.07, 6.45) is -0.115. The van der Waals surface area contributed by atoms with E-state index in [9.17, 15) is 14.7 Å². The number of hydrogen-bond acceptors (Lipinski definition) is 7. The van der Waals surface area contributed by atoms with E-state index in [1.165, 1.54) is 13.0 Å². The molecule has 2 rings (SSSR count). The van der Waals surface area contributed by atoms with E-state index in [0.717, 1.165) is 6.42 Å². The molecule has 7 nitrogen and oxygen atoms in total. The summed E-state index contributed by atoms with van der Waals surface area (Å²) in [7, 11) is -1.92. The number of aliphatic hydroxyl groups is 2. The van der Waals surface area contributed by atoms with Crippen molar-refractivity contribution in [1.82, 2.24) is 0 Å². The number of cyclic esters (lactones) is 2. The first-order valence-corrected chi connectivity index (χ1v) is 12.9. The van der Waals surface area contributed by atoms with Crippen molar-refractivity contribution in [2.75, 3.05) is 6.61 Å². The average molecular weight is 479 g/mol. The zero-order chi connectivity index (χ0) is 21.9. The molecule has 0 spiro atoms. The Morgan fingerprint density at radius 3 is 2.11 bits per heavy atom. The highest BCUT2D eigenvalue weighted by molar-refractivity contribution is 9.10. The Morgan fingerprint density at radius 1 is 1.21 bits per heavy atom. The van der Waals surface area contributed by atoms with Gasteiger partial charge in [-0.15, -0.1) is 13.2 Å². The molecule has 0 radical (unpaired) electrons. The van der Waals surface area contributed by atoms with Crippen LogP contribution in [-0.4, -0.2) is 65.8 Å². The Labute approximate surface area is 176 Å². The maximum Gasteiger partial charge on any atom is 0.325 e. The first-order valence-electron chi connectivity index (χ1n) is 9.15. The van der Waals surface area contributed by atoms with Crippen LogP contribution in [0.25, 0.3) is 0 Å². The van der Waals surface area contributed by atoms with Crippen molar-refractivity contribution in [3.63, 3.8) is 0 Å². The van der Waals surface area contributed by atoms with Gasteiger partial charge < -0.3 is 24.1 Å². The molecule has 2 aliphatic heterocycles. The number of ether oxygens (including phenoxy) is 2. The number of hydrogen-bond donors (Lipinski definition) is 2. The maximum absolute atomic E-state index is 11.7. The van der Waals surface area contributed by atoms with Crippen molar-refractivity contribution < 1.29 is 33.7 Å². The standard InChI is InChI=1S/C11H19BrO3Si.C8H12O4/c1-6-8-9(15-16(4,5)7-2)11(3,12)10(13)14-8;1-3-8(2)6(10)5(4-9)12-7(8)11/h7-9H,2,6H2,1,3-5H3;3,5-6,9-10H,1,4H2,2H3/t8-,9-,11?;5-,6-,8-/m11/s1. The van der Waals surface area contributed by atoms with Crippen LogP contribution in [0.5, 0.6) is 0 Å². The smallest absolute Gasteiger partial charge is 0.325 e. The van der Waals surface area contributed by atoms with Crippen LogP contribution in [0.2, 0.25) is 13.1 Å². The van der Waals surface area contributed by atoms with Gasteiger partial charge in [0.2, 0.25) is 8.32 Å². The van der Waals surface area contributed by atoms with Crippen molar-refractivity contribution >= 4 is 36.2 Å². The molecule has 1 unspecified atom stereocenters. The van der Waals surface area contributed by atoms with Crippen molar-refractivity contribution in [3.8, 4) is 0 Å². The highest BCUT2D eigenvalue weighted by atomic mass is 79.9. The largest absolute Gasteiger partial charge is 0.458 e. The van der Waals surface area contributed by atoms with Crippen molar-refractivity contribution in [3.05, 3.63) is 24.9 Å². The summed E-state index contributed by atoms with van der Waals surface area (Å²) in [5.41, 5.74) is 0.791. The fraction of sp³-hybridized carbons (Fsp3) is 0.684. The third-order valence-electron chi connectivity index (χ3n) is 5.12. The Balaban J connectivity index is 0.000000292.